The number of aromatic nitrogens is 1. The molecule has 0 unspecified atom stereocenters. The first-order chi connectivity index (χ1) is 7.13. The zero-order chi connectivity index (χ0) is 11.3. The third kappa shape index (κ3) is 3.82. The van der Waals surface area contributed by atoms with Gasteiger partial charge in [-0.25, -0.2) is 0 Å². The summed E-state index contributed by atoms with van der Waals surface area (Å²) >= 11 is 0. The summed E-state index contributed by atoms with van der Waals surface area (Å²) in [6, 6.07) is 3.85. The standard InChI is InChI=1S/C13H19NO/c1-4-5-13(15)11-6-7-12(14-9-11)8-10(2)3/h6-7,9-10H,4-5,8H2,1-3H3. The third-order valence-electron chi connectivity index (χ3n) is 2.24. The molecule has 1 rings (SSSR count). The van der Waals surface area contributed by atoms with Crippen molar-refractivity contribution in [3.8, 4) is 0 Å². The fourth-order valence-corrected chi connectivity index (χ4v) is 1.50. The van der Waals surface area contributed by atoms with Gasteiger partial charge in [-0.1, -0.05) is 20.8 Å². The summed E-state index contributed by atoms with van der Waals surface area (Å²) in [6.07, 6.45) is 4.19. The van der Waals surface area contributed by atoms with E-state index in [9.17, 15) is 4.79 Å². The van der Waals surface area contributed by atoms with Crippen molar-refractivity contribution in [1.29, 1.82) is 0 Å². The maximum absolute atomic E-state index is 11.5. The maximum Gasteiger partial charge on any atom is 0.164 e. The smallest absolute Gasteiger partial charge is 0.164 e. The molecule has 0 aliphatic rings. The van der Waals surface area contributed by atoms with Gasteiger partial charge in [0.25, 0.3) is 0 Å². The second-order valence-electron chi connectivity index (χ2n) is 4.31. The highest BCUT2D eigenvalue weighted by Gasteiger charge is 2.05. The van der Waals surface area contributed by atoms with Gasteiger partial charge < -0.3 is 0 Å². The Morgan fingerprint density at radius 1 is 1.40 bits per heavy atom. The van der Waals surface area contributed by atoms with E-state index in [1.165, 1.54) is 0 Å². The van der Waals surface area contributed by atoms with Crippen molar-refractivity contribution in [1.82, 2.24) is 4.98 Å². The predicted octanol–water partition coefficient (Wildman–Crippen LogP) is 3.26. The first-order valence-corrected chi connectivity index (χ1v) is 5.61. The molecule has 0 saturated heterocycles. The molecule has 0 atom stereocenters. The van der Waals surface area contributed by atoms with Crippen LogP contribution in [0, 0.1) is 5.92 Å². The zero-order valence-electron chi connectivity index (χ0n) is 9.79. The minimum Gasteiger partial charge on any atom is -0.294 e. The van der Waals surface area contributed by atoms with Gasteiger partial charge in [0.1, 0.15) is 0 Å². The first kappa shape index (κ1) is 11.9. The van der Waals surface area contributed by atoms with Gasteiger partial charge in [0.05, 0.1) is 0 Å². The summed E-state index contributed by atoms with van der Waals surface area (Å²) < 4.78 is 0. The Kier molecular flexibility index (Phi) is 4.47. The Labute approximate surface area is 91.7 Å². The summed E-state index contributed by atoms with van der Waals surface area (Å²) in [5, 5.41) is 0. The fourth-order valence-electron chi connectivity index (χ4n) is 1.50. The number of Topliss-reactive ketones (excluding diaryl/α,β-unsaturated/α-hetero) is 1. The second kappa shape index (κ2) is 5.64. The van der Waals surface area contributed by atoms with E-state index in [0.717, 1.165) is 24.1 Å². The molecular weight excluding hydrogens is 186 g/mol. The van der Waals surface area contributed by atoms with Crippen LogP contribution in [0.1, 0.15) is 49.7 Å². The quantitative estimate of drug-likeness (QED) is 0.690. The van der Waals surface area contributed by atoms with E-state index in [1.54, 1.807) is 6.20 Å². The Morgan fingerprint density at radius 3 is 2.60 bits per heavy atom. The molecule has 0 bridgehead atoms. The summed E-state index contributed by atoms with van der Waals surface area (Å²) in [7, 11) is 0. The van der Waals surface area contributed by atoms with Gasteiger partial charge in [0.15, 0.2) is 5.78 Å². The van der Waals surface area contributed by atoms with Crippen LogP contribution in [0.3, 0.4) is 0 Å². The topological polar surface area (TPSA) is 30.0 Å². The van der Waals surface area contributed by atoms with Crippen molar-refractivity contribution in [2.24, 2.45) is 5.92 Å². The molecule has 0 radical (unpaired) electrons. The number of hydrogen-bond acceptors (Lipinski definition) is 2. The molecule has 0 aromatic carbocycles. The van der Waals surface area contributed by atoms with Crippen LogP contribution in [-0.2, 0) is 6.42 Å². The van der Waals surface area contributed by atoms with E-state index in [0.29, 0.717) is 12.3 Å². The lowest BCUT2D eigenvalue weighted by Crippen LogP contribution is -2.02. The molecule has 0 saturated carbocycles. The van der Waals surface area contributed by atoms with E-state index in [2.05, 4.69) is 18.8 Å². The van der Waals surface area contributed by atoms with E-state index in [1.807, 2.05) is 19.1 Å². The molecule has 0 aliphatic heterocycles. The molecule has 1 aromatic rings. The number of rotatable bonds is 5. The minimum absolute atomic E-state index is 0.195. The van der Waals surface area contributed by atoms with Gasteiger partial charge in [-0.15, -0.1) is 0 Å². The molecule has 1 aromatic heterocycles. The molecule has 0 fully saturated rings. The average Bonchev–Trinajstić information content (AvgIpc) is 2.18. The summed E-state index contributed by atoms with van der Waals surface area (Å²) in [5.74, 6) is 0.802. The molecule has 15 heavy (non-hydrogen) atoms. The Bertz CT molecular complexity index is 314. The van der Waals surface area contributed by atoms with Crippen LogP contribution in [0.15, 0.2) is 18.3 Å². The highest BCUT2D eigenvalue weighted by Crippen LogP contribution is 2.08. The number of nitrogens with zero attached hydrogens (tertiary/aromatic N) is 1. The number of ketones is 1. The second-order valence-corrected chi connectivity index (χ2v) is 4.31. The normalized spacial score (nSPS) is 10.7. The average molecular weight is 205 g/mol. The SMILES string of the molecule is CCCC(=O)c1ccc(CC(C)C)nc1. The van der Waals surface area contributed by atoms with Crippen LogP contribution in [0.4, 0.5) is 0 Å². The number of hydrogen-bond donors (Lipinski definition) is 0. The van der Waals surface area contributed by atoms with Gasteiger partial charge >= 0.3 is 0 Å². The largest absolute Gasteiger partial charge is 0.294 e. The van der Waals surface area contributed by atoms with Crippen molar-refractivity contribution in [3.63, 3.8) is 0 Å². The lowest BCUT2D eigenvalue weighted by atomic mass is 10.1. The van der Waals surface area contributed by atoms with Crippen molar-refractivity contribution in [2.75, 3.05) is 0 Å². The molecule has 0 amide bonds. The summed E-state index contributed by atoms with van der Waals surface area (Å²) in [5.41, 5.74) is 1.81. The molecule has 0 aliphatic carbocycles. The van der Waals surface area contributed by atoms with E-state index < -0.39 is 0 Å². The van der Waals surface area contributed by atoms with E-state index in [4.69, 9.17) is 0 Å². The van der Waals surface area contributed by atoms with Crippen molar-refractivity contribution in [2.45, 2.75) is 40.0 Å². The van der Waals surface area contributed by atoms with Gasteiger partial charge in [-0.05, 0) is 30.9 Å². The van der Waals surface area contributed by atoms with E-state index >= 15 is 0 Å². The van der Waals surface area contributed by atoms with Crippen LogP contribution in [0.25, 0.3) is 0 Å². The molecule has 2 nitrogen and oxygen atoms in total. The lowest BCUT2D eigenvalue weighted by molar-refractivity contribution is 0.0981. The van der Waals surface area contributed by atoms with E-state index in [-0.39, 0.29) is 5.78 Å². The Balaban J connectivity index is 2.67. The van der Waals surface area contributed by atoms with Crippen molar-refractivity contribution < 1.29 is 4.79 Å². The monoisotopic (exact) mass is 205 g/mol. The molecule has 1 heterocycles. The highest BCUT2D eigenvalue weighted by atomic mass is 16.1. The van der Waals surface area contributed by atoms with Gasteiger partial charge in [-0.3, -0.25) is 9.78 Å². The lowest BCUT2D eigenvalue weighted by Gasteiger charge is -2.04. The number of pyridine rings is 1. The highest BCUT2D eigenvalue weighted by molar-refractivity contribution is 5.95. The maximum atomic E-state index is 11.5. The first-order valence-electron chi connectivity index (χ1n) is 5.61. The van der Waals surface area contributed by atoms with Gasteiger partial charge in [-0.2, -0.15) is 0 Å². The number of carbonyl (C=O) groups is 1. The van der Waals surface area contributed by atoms with Crippen molar-refractivity contribution >= 4 is 5.78 Å². The Morgan fingerprint density at radius 2 is 2.13 bits per heavy atom. The Hall–Kier alpha value is -1.18. The molecule has 0 spiro atoms. The van der Waals surface area contributed by atoms with Crippen LogP contribution >= 0.6 is 0 Å². The summed E-state index contributed by atoms with van der Waals surface area (Å²) in [4.78, 5) is 15.8. The van der Waals surface area contributed by atoms with Crippen LogP contribution in [-0.4, -0.2) is 10.8 Å². The third-order valence-corrected chi connectivity index (χ3v) is 2.24. The summed E-state index contributed by atoms with van der Waals surface area (Å²) in [6.45, 7) is 6.34. The fraction of sp³-hybridized carbons (Fsp3) is 0.538. The molecule has 82 valence electrons. The predicted molar refractivity (Wildman–Crippen MR) is 62.0 cm³/mol. The van der Waals surface area contributed by atoms with Crippen LogP contribution in [0.5, 0.6) is 0 Å². The number of carbonyl (C=O) groups excluding carboxylic acids is 1. The van der Waals surface area contributed by atoms with Crippen LogP contribution in [0.2, 0.25) is 0 Å². The van der Waals surface area contributed by atoms with Gasteiger partial charge in [0.2, 0.25) is 0 Å². The van der Waals surface area contributed by atoms with Crippen LogP contribution < -0.4 is 0 Å². The molecular formula is C13H19NO. The molecule has 0 N–H and O–H groups in total. The van der Waals surface area contributed by atoms with Crippen molar-refractivity contribution in [3.05, 3.63) is 29.6 Å². The van der Waals surface area contributed by atoms with Gasteiger partial charge in [0, 0.05) is 23.9 Å². The minimum atomic E-state index is 0.195. The zero-order valence-corrected chi connectivity index (χ0v) is 9.79. The molecule has 2 heteroatoms.